The molecular weight excluding hydrogens is 400 g/mol. The van der Waals surface area contributed by atoms with Crippen LogP contribution in [0.1, 0.15) is 33.6 Å². The van der Waals surface area contributed by atoms with E-state index in [9.17, 15) is 4.79 Å². The highest BCUT2D eigenvalue weighted by Gasteiger charge is 2.26. The first-order valence-corrected chi connectivity index (χ1v) is 11.3. The summed E-state index contributed by atoms with van der Waals surface area (Å²) in [4.78, 5) is 26.5. The third kappa shape index (κ3) is 4.23. The Morgan fingerprint density at radius 1 is 0.938 bits per heavy atom. The van der Waals surface area contributed by atoms with Crippen molar-refractivity contribution in [1.29, 1.82) is 0 Å². The molecule has 0 radical (unpaired) electrons. The van der Waals surface area contributed by atoms with Gasteiger partial charge in [-0.25, -0.2) is 14.8 Å². The molecule has 2 heterocycles. The normalized spacial score (nSPS) is 16.1. The summed E-state index contributed by atoms with van der Waals surface area (Å²) in [6.45, 7) is 4.76. The van der Waals surface area contributed by atoms with Crippen LogP contribution in [0.4, 0.5) is 5.82 Å². The van der Waals surface area contributed by atoms with Crippen molar-refractivity contribution in [1.82, 2.24) is 14.9 Å². The number of carbonyl (C=O) groups excluding carboxylic acids is 1. The average molecular weight is 429 g/mol. The van der Waals surface area contributed by atoms with Crippen molar-refractivity contribution in [2.45, 2.75) is 25.8 Å². The van der Waals surface area contributed by atoms with E-state index in [-0.39, 0.29) is 5.97 Å². The molecule has 5 rings (SSSR count). The number of aromatic nitrogens is 2. The first-order valence-electron chi connectivity index (χ1n) is 11.3. The second-order valence-corrected chi connectivity index (χ2v) is 8.47. The quantitative estimate of drug-likeness (QED) is 0.577. The molecule has 6 nitrogen and oxygen atoms in total. The number of hydrogen-bond donors (Lipinski definition) is 0. The lowest BCUT2D eigenvalue weighted by molar-refractivity contribution is 0.0600. The number of rotatable bonds is 5. The largest absolute Gasteiger partial charge is 0.465 e. The average Bonchev–Trinajstić information content (AvgIpc) is 3.33. The molecule has 0 saturated carbocycles. The highest BCUT2D eigenvalue weighted by atomic mass is 16.5. The monoisotopic (exact) mass is 428 g/mol. The summed E-state index contributed by atoms with van der Waals surface area (Å²) < 4.78 is 4.78. The Labute approximate surface area is 188 Å². The molecule has 1 aliphatic heterocycles. The number of anilines is 1. The van der Waals surface area contributed by atoms with E-state index < -0.39 is 0 Å². The van der Waals surface area contributed by atoms with Crippen LogP contribution >= 0.6 is 0 Å². The van der Waals surface area contributed by atoms with E-state index in [1.54, 1.807) is 0 Å². The van der Waals surface area contributed by atoms with Gasteiger partial charge in [-0.05, 0) is 37.0 Å². The number of benzene rings is 2. The van der Waals surface area contributed by atoms with Crippen molar-refractivity contribution in [2.24, 2.45) is 0 Å². The minimum atomic E-state index is -0.294. The summed E-state index contributed by atoms with van der Waals surface area (Å²) >= 11 is 0. The maximum atomic E-state index is 11.6. The van der Waals surface area contributed by atoms with Gasteiger partial charge in [0.15, 0.2) is 5.82 Å². The zero-order valence-electron chi connectivity index (χ0n) is 18.5. The van der Waals surface area contributed by atoms with Gasteiger partial charge < -0.3 is 9.64 Å². The Kier molecular flexibility index (Phi) is 5.86. The summed E-state index contributed by atoms with van der Waals surface area (Å²) in [7, 11) is 1.41. The molecule has 3 aromatic rings. The van der Waals surface area contributed by atoms with E-state index in [4.69, 9.17) is 14.7 Å². The summed E-state index contributed by atoms with van der Waals surface area (Å²) in [6, 6.07) is 18.0. The second kappa shape index (κ2) is 9.09. The SMILES string of the molecule is COC(=O)c1ccc(CN2CCN(c3nc(-c4ccccc4)nc4c3CCC4)CC2)cc1. The minimum Gasteiger partial charge on any atom is -0.465 e. The standard InChI is InChI=1S/C26H28N4O2/c1-32-26(31)21-12-10-19(11-13-21)18-29-14-16-30(17-15-29)25-22-8-5-9-23(22)27-24(28-25)20-6-3-2-4-7-20/h2-4,6-7,10-13H,5,8-9,14-18H2,1H3. The summed E-state index contributed by atoms with van der Waals surface area (Å²) in [6.07, 6.45) is 3.29. The molecule has 2 aliphatic rings. The molecule has 32 heavy (non-hydrogen) atoms. The Bertz CT molecular complexity index is 1090. The van der Waals surface area contributed by atoms with E-state index in [0.717, 1.165) is 69.2 Å². The van der Waals surface area contributed by atoms with E-state index in [2.05, 4.69) is 21.9 Å². The van der Waals surface area contributed by atoms with Gasteiger partial charge in [-0.1, -0.05) is 42.5 Å². The Hall–Kier alpha value is -3.25. The third-order valence-corrected chi connectivity index (χ3v) is 6.40. The van der Waals surface area contributed by atoms with Crippen LogP contribution < -0.4 is 4.90 Å². The lowest BCUT2D eigenvalue weighted by atomic mass is 10.1. The Morgan fingerprint density at radius 3 is 2.41 bits per heavy atom. The number of nitrogens with zero attached hydrogens (tertiary/aromatic N) is 4. The van der Waals surface area contributed by atoms with Gasteiger partial charge in [0.1, 0.15) is 5.82 Å². The van der Waals surface area contributed by atoms with Crippen LogP contribution in [0, 0.1) is 0 Å². The Morgan fingerprint density at radius 2 is 1.69 bits per heavy atom. The molecule has 0 N–H and O–H groups in total. The number of esters is 1. The molecule has 0 spiro atoms. The van der Waals surface area contributed by atoms with Crippen LogP contribution in [-0.2, 0) is 24.1 Å². The zero-order valence-corrected chi connectivity index (χ0v) is 18.5. The number of aryl methyl sites for hydroxylation is 1. The molecule has 1 aromatic heterocycles. The molecule has 1 saturated heterocycles. The van der Waals surface area contributed by atoms with Gasteiger partial charge in [0, 0.05) is 49.5 Å². The maximum absolute atomic E-state index is 11.6. The number of carbonyl (C=O) groups is 1. The molecule has 0 amide bonds. The smallest absolute Gasteiger partial charge is 0.337 e. The van der Waals surface area contributed by atoms with Gasteiger partial charge >= 0.3 is 5.97 Å². The van der Waals surface area contributed by atoms with E-state index >= 15 is 0 Å². The van der Waals surface area contributed by atoms with Gasteiger partial charge in [-0.15, -0.1) is 0 Å². The first kappa shape index (κ1) is 20.6. The topological polar surface area (TPSA) is 58.6 Å². The van der Waals surface area contributed by atoms with Crippen molar-refractivity contribution in [3.63, 3.8) is 0 Å². The van der Waals surface area contributed by atoms with Crippen LogP contribution in [0.5, 0.6) is 0 Å². The van der Waals surface area contributed by atoms with Gasteiger partial charge in [-0.2, -0.15) is 0 Å². The van der Waals surface area contributed by atoms with Crippen LogP contribution in [0.15, 0.2) is 54.6 Å². The third-order valence-electron chi connectivity index (χ3n) is 6.40. The van der Waals surface area contributed by atoms with Crippen LogP contribution in [-0.4, -0.2) is 54.1 Å². The van der Waals surface area contributed by atoms with E-state index in [1.165, 1.54) is 23.9 Å². The molecule has 2 aromatic carbocycles. The van der Waals surface area contributed by atoms with Crippen LogP contribution in [0.2, 0.25) is 0 Å². The second-order valence-electron chi connectivity index (χ2n) is 8.47. The van der Waals surface area contributed by atoms with Crippen molar-refractivity contribution < 1.29 is 9.53 Å². The summed E-state index contributed by atoms with van der Waals surface area (Å²) in [5, 5.41) is 0. The van der Waals surface area contributed by atoms with E-state index in [1.807, 2.05) is 42.5 Å². The lowest BCUT2D eigenvalue weighted by Gasteiger charge is -2.36. The predicted octanol–water partition coefficient (Wildman–Crippen LogP) is 3.74. The number of piperazine rings is 1. The van der Waals surface area contributed by atoms with Crippen molar-refractivity contribution >= 4 is 11.8 Å². The van der Waals surface area contributed by atoms with Gasteiger partial charge in [-0.3, -0.25) is 4.90 Å². The molecule has 0 bridgehead atoms. The highest BCUT2D eigenvalue weighted by Crippen LogP contribution is 2.32. The molecule has 1 aliphatic carbocycles. The Balaban J connectivity index is 1.28. The fraction of sp³-hybridized carbons (Fsp3) is 0.346. The van der Waals surface area contributed by atoms with Gasteiger partial charge in [0.2, 0.25) is 0 Å². The number of fused-ring (bicyclic) bond motifs is 1. The van der Waals surface area contributed by atoms with Gasteiger partial charge in [0.05, 0.1) is 12.7 Å². The molecule has 0 unspecified atom stereocenters. The highest BCUT2D eigenvalue weighted by molar-refractivity contribution is 5.89. The molecule has 164 valence electrons. The van der Waals surface area contributed by atoms with Gasteiger partial charge in [0.25, 0.3) is 0 Å². The van der Waals surface area contributed by atoms with Crippen molar-refractivity contribution in [2.75, 3.05) is 38.2 Å². The number of ether oxygens (including phenoxy) is 1. The molecule has 6 heteroatoms. The molecular formula is C26H28N4O2. The predicted molar refractivity (Wildman–Crippen MR) is 125 cm³/mol. The van der Waals surface area contributed by atoms with Crippen molar-refractivity contribution in [3.8, 4) is 11.4 Å². The van der Waals surface area contributed by atoms with Crippen LogP contribution in [0.3, 0.4) is 0 Å². The van der Waals surface area contributed by atoms with Crippen LogP contribution in [0.25, 0.3) is 11.4 Å². The fourth-order valence-corrected chi connectivity index (χ4v) is 4.63. The number of hydrogen-bond acceptors (Lipinski definition) is 6. The molecule has 0 atom stereocenters. The summed E-state index contributed by atoms with van der Waals surface area (Å²) in [5.74, 6) is 1.68. The van der Waals surface area contributed by atoms with E-state index in [0.29, 0.717) is 5.56 Å². The lowest BCUT2D eigenvalue weighted by Crippen LogP contribution is -2.46. The van der Waals surface area contributed by atoms with Crippen molar-refractivity contribution in [3.05, 3.63) is 77.0 Å². The maximum Gasteiger partial charge on any atom is 0.337 e. The fourth-order valence-electron chi connectivity index (χ4n) is 4.63. The molecule has 1 fully saturated rings. The minimum absolute atomic E-state index is 0.294. The summed E-state index contributed by atoms with van der Waals surface area (Å²) in [5.41, 5.74) is 5.45. The first-order chi connectivity index (χ1) is 15.7. The zero-order chi connectivity index (χ0) is 21.9. The number of methoxy groups -OCH3 is 1.